The van der Waals surface area contributed by atoms with Gasteiger partial charge in [-0.15, -0.1) is 11.8 Å². The lowest BCUT2D eigenvalue weighted by Gasteiger charge is -2.07. The van der Waals surface area contributed by atoms with Crippen molar-refractivity contribution in [3.63, 3.8) is 0 Å². The maximum absolute atomic E-state index is 12.2. The van der Waals surface area contributed by atoms with Crippen molar-refractivity contribution in [3.8, 4) is 0 Å². The third-order valence-electron chi connectivity index (χ3n) is 3.54. The van der Waals surface area contributed by atoms with Gasteiger partial charge in [0, 0.05) is 17.7 Å². The first-order valence-corrected chi connectivity index (χ1v) is 9.31. The Balaban J connectivity index is 1.97. The highest BCUT2D eigenvalue weighted by Crippen LogP contribution is 2.20. The molecule has 2 aromatic carbocycles. The van der Waals surface area contributed by atoms with E-state index in [1.54, 1.807) is 25.1 Å². The van der Waals surface area contributed by atoms with Crippen molar-refractivity contribution >= 4 is 23.5 Å². The first kappa shape index (κ1) is 19.0. The Bertz CT molecular complexity index is 708. The Morgan fingerprint density at radius 2 is 1.64 bits per heavy atom. The maximum Gasteiger partial charge on any atom is 0.344 e. The van der Waals surface area contributed by atoms with Crippen LogP contribution in [0.25, 0.3) is 0 Å². The molecule has 0 aliphatic rings. The molecule has 4 heteroatoms. The summed E-state index contributed by atoms with van der Waals surface area (Å²) in [5, 5.41) is 0. The summed E-state index contributed by atoms with van der Waals surface area (Å²) in [5.74, 6) is 0.390. The number of Topliss-reactive ketones (excluding diaryl/α,β-unsaturated/α-hetero) is 1. The van der Waals surface area contributed by atoms with Crippen molar-refractivity contribution < 1.29 is 14.3 Å². The number of rotatable bonds is 9. The van der Waals surface area contributed by atoms with E-state index in [-0.39, 0.29) is 18.2 Å². The zero-order chi connectivity index (χ0) is 17.9. The Morgan fingerprint density at radius 3 is 2.28 bits per heavy atom. The van der Waals surface area contributed by atoms with E-state index < -0.39 is 0 Å². The van der Waals surface area contributed by atoms with Gasteiger partial charge in [0.25, 0.3) is 0 Å². The number of thioether (sulfide) groups is 1. The highest BCUT2D eigenvalue weighted by atomic mass is 32.2. The van der Waals surface area contributed by atoms with E-state index in [1.165, 1.54) is 17.3 Å². The molecule has 0 aliphatic carbocycles. The zero-order valence-corrected chi connectivity index (χ0v) is 15.1. The number of carbonyl (C=O) groups is 2. The minimum absolute atomic E-state index is 0.00828. The van der Waals surface area contributed by atoms with Gasteiger partial charge in [-0.2, -0.15) is 0 Å². The second-order valence-corrected chi connectivity index (χ2v) is 6.50. The Labute approximate surface area is 153 Å². The first-order valence-electron chi connectivity index (χ1n) is 8.33. The molecule has 25 heavy (non-hydrogen) atoms. The van der Waals surface area contributed by atoms with Crippen LogP contribution in [0.1, 0.15) is 29.3 Å². The molecule has 0 spiro atoms. The van der Waals surface area contributed by atoms with Gasteiger partial charge in [0.1, 0.15) is 0 Å². The van der Waals surface area contributed by atoms with E-state index >= 15 is 0 Å². The molecule has 0 aliphatic heterocycles. The van der Waals surface area contributed by atoms with E-state index in [4.69, 9.17) is 4.74 Å². The van der Waals surface area contributed by atoms with Crippen molar-refractivity contribution in [2.24, 2.45) is 0 Å². The lowest BCUT2D eigenvalue weighted by atomic mass is 10.1. The van der Waals surface area contributed by atoms with Crippen LogP contribution < -0.4 is 0 Å². The topological polar surface area (TPSA) is 43.4 Å². The van der Waals surface area contributed by atoms with Crippen LogP contribution in [0.4, 0.5) is 0 Å². The van der Waals surface area contributed by atoms with Crippen LogP contribution in [0.3, 0.4) is 0 Å². The van der Waals surface area contributed by atoms with Crippen molar-refractivity contribution in [3.05, 3.63) is 82.8 Å². The molecule has 2 rings (SSSR count). The van der Waals surface area contributed by atoms with Crippen LogP contribution in [-0.4, -0.2) is 24.1 Å². The number of hydrogen-bond donors (Lipinski definition) is 0. The number of ketones is 1. The molecule has 0 saturated heterocycles. The summed E-state index contributed by atoms with van der Waals surface area (Å²) >= 11 is 1.44. The third-order valence-corrected chi connectivity index (χ3v) is 4.59. The van der Waals surface area contributed by atoms with Crippen LogP contribution in [-0.2, 0) is 16.0 Å². The fourth-order valence-corrected chi connectivity index (χ4v) is 3.19. The molecule has 0 amide bonds. The Morgan fingerprint density at radius 1 is 1.00 bits per heavy atom. The first-order chi connectivity index (χ1) is 12.2. The highest BCUT2D eigenvalue weighted by molar-refractivity contribution is 8.03. The van der Waals surface area contributed by atoms with Gasteiger partial charge in [0.2, 0.25) is 0 Å². The Kier molecular flexibility index (Phi) is 7.99. The number of ether oxygens (including phenoxy) is 1. The minimum Gasteiger partial charge on any atom is -0.462 e. The molecule has 3 nitrogen and oxygen atoms in total. The molecular formula is C21H22O3S. The summed E-state index contributed by atoms with van der Waals surface area (Å²) in [5.41, 5.74) is 1.87. The van der Waals surface area contributed by atoms with E-state index in [1.807, 2.05) is 36.4 Å². The van der Waals surface area contributed by atoms with E-state index in [0.29, 0.717) is 17.1 Å². The van der Waals surface area contributed by atoms with Gasteiger partial charge in [-0.1, -0.05) is 66.7 Å². The van der Waals surface area contributed by atoms with Crippen LogP contribution in [0.2, 0.25) is 0 Å². The van der Waals surface area contributed by atoms with Crippen LogP contribution in [0, 0.1) is 0 Å². The lowest BCUT2D eigenvalue weighted by Crippen LogP contribution is -2.07. The van der Waals surface area contributed by atoms with Crippen molar-refractivity contribution in [2.45, 2.75) is 19.8 Å². The van der Waals surface area contributed by atoms with Gasteiger partial charge in [0.15, 0.2) is 5.78 Å². The number of hydrogen-bond acceptors (Lipinski definition) is 4. The van der Waals surface area contributed by atoms with E-state index in [9.17, 15) is 9.59 Å². The second kappa shape index (κ2) is 10.5. The average Bonchev–Trinajstić information content (AvgIpc) is 2.66. The number of esters is 1. The quantitative estimate of drug-likeness (QED) is 0.372. The normalized spacial score (nSPS) is 11.2. The second-order valence-electron chi connectivity index (χ2n) is 5.37. The fraction of sp³-hybridized carbons (Fsp3) is 0.238. The number of allylic oxidation sites excluding steroid dienone is 1. The molecule has 0 fully saturated rings. The fourth-order valence-electron chi connectivity index (χ4n) is 2.25. The van der Waals surface area contributed by atoms with Gasteiger partial charge in [-0.05, 0) is 18.9 Å². The zero-order valence-electron chi connectivity index (χ0n) is 14.3. The number of benzene rings is 2. The molecule has 0 aromatic heterocycles. The predicted molar refractivity (Wildman–Crippen MR) is 103 cm³/mol. The Hall–Kier alpha value is -2.33. The largest absolute Gasteiger partial charge is 0.462 e. The molecule has 0 atom stereocenters. The van der Waals surface area contributed by atoms with Crippen LogP contribution >= 0.6 is 11.8 Å². The van der Waals surface area contributed by atoms with Gasteiger partial charge < -0.3 is 4.74 Å². The molecule has 0 N–H and O–H groups in total. The average molecular weight is 354 g/mol. The standard InChI is InChI=1S/C21H22O3S/c1-2-24-21(23)20(25-16-15-17-9-5-3-6-10-17)14-13-19(22)18-11-7-4-8-12-18/h3-12,14H,2,13,15-16H2,1H3/b20-14-. The smallest absolute Gasteiger partial charge is 0.344 e. The SMILES string of the molecule is CCOC(=O)/C(=C/CC(=O)c1ccccc1)SCCc1ccccc1. The van der Waals surface area contributed by atoms with Gasteiger partial charge >= 0.3 is 5.97 Å². The molecule has 0 heterocycles. The van der Waals surface area contributed by atoms with Crippen molar-refractivity contribution in [1.29, 1.82) is 0 Å². The molecule has 2 aromatic rings. The lowest BCUT2D eigenvalue weighted by molar-refractivity contribution is -0.137. The summed E-state index contributed by atoms with van der Waals surface area (Å²) in [6, 6.07) is 19.2. The third kappa shape index (κ3) is 6.59. The monoisotopic (exact) mass is 354 g/mol. The molecule has 0 saturated carbocycles. The highest BCUT2D eigenvalue weighted by Gasteiger charge is 2.13. The maximum atomic E-state index is 12.2. The number of carbonyl (C=O) groups excluding carboxylic acids is 2. The number of aryl methyl sites for hydroxylation is 1. The summed E-state index contributed by atoms with van der Waals surface area (Å²) < 4.78 is 5.11. The molecule has 0 unspecified atom stereocenters. The summed E-state index contributed by atoms with van der Waals surface area (Å²) in [4.78, 5) is 24.8. The molecular weight excluding hydrogens is 332 g/mol. The van der Waals surface area contributed by atoms with E-state index in [0.717, 1.165) is 12.2 Å². The van der Waals surface area contributed by atoms with Crippen molar-refractivity contribution in [2.75, 3.05) is 12.4 Å². The minimum atomic E-state index is -0.360. The van der Waals surface area contributed by atoms with Crippen molar-refractivity contribution in [1.82, 2.24) is 0 Å². The summed E-state index contributed by atoms with van der Waals surface area (Å²) in [6.07, 6.45) is 2.73. The molecule has 0 radical (unpaired) electrons. The van der Waals surface area contributed by atoms with Gasteiger partial charge in [0.05, 0.1) is 11.5 Å². The van der Waals surface area contributed by atoms with E-state index in [2.05, 4.69) is 12.1 Å². The van der Waals surface area contributed by atoms with Crippen LogP contribution in [0.5, 0.6) is 0 Å². The summed E-state index contributed by atoms with van der Waals surface area (Å²) in [7, 11) is 0. The molecule has 0 bridgehead atoms. The van der Waals surface area contributed by atoms with Crippen LogP contribution in [0.15, 0.2) is 71.6 Å². The summed E-state index contributed by atoms with van der Waals surface area (Å²) in [6.45, 7) is 2.10. The molecule has 130 valence electrons. The van der Waals surface area contributed by atoms with Gasteiger partial charge in [-0.25, -0.2) is 4.79 Å². The predicted octanol–water partition coefficient (Wildman–Crippen LogP) is 4.68. The van der Waals surface area contributed by atoms with Gasteiger partial charge in [-0.3, -0.25) is 4.79 Å².